The first-order valence-electron chi connectivity index (χ1n) is 11.3. The molecule has 0 bridgehead atoms. The highest BCUT2D eigenvalue weighted by molar-refractivity contribution is 5.82. The predicted molar refractivity (Wildman–Crippen MR) is 121 cm³/mol. The molecule has 7 heteroatoms. The molecule has 0 saturated carbocycles. The fourth-order valence-corrected chi connectivity index (χ4v) is 4.79. The van der Waals surface area contributed by atoms with E-state index in [9.17, 15) is 18.0 Å². The van der Waals surface area contributed by atoms with Crippen LogP contribution in [0.2, 0.25) is 0 Å². The van der Waals surface area contributed by atoms with Gasteiger partial charge in [0.15, 0.2) is 0 Å². The lowest BCUT2D eigenvalue weighted by Gasteiger charge is -2.49. The average molecular weight is 446 g/mol. The Kier molecular flexibility index (Phi) is 6.35. The highest BCUT2D eigenvalue weighted by Crippen LogP contribution is 2.40. The van der Waals surface area contributed by atoms with Crippen LogP contribution in [0.3, 0.4) is 0 Å². The summed E-state index contributed by atoms with van der Waals surface area (Å²) in [6.45, 7) is 6.85. The van der Waals surface area contributed by atoms with Gasteiger partial charge in [0.25, 0.3) is 0 Å². The van der Waals surface area contributed by atoms with Crippen molar-refractivity contribution >= 4 is 17.3 Å². The molecule has 2 aromatic rings. The Balaban J connectivity index is 1.63. The van der Waals surface area contributed by atoms with Crippen LogP contribution in [0.1, 0.15) is 31.4 Å². The first-order chi connectivity index (χ1) is 15.2. The summed E-state index contributed by atoms with van der Waals surface area (Å²) in [5.41, 5.74) is 1.87. The van der Waals surface area contributed by atoms with Crippen molar-refractivity contribution in [1.82, 2.24) is 5.32 Å². The number of nitrogens with one attached hydrogen (secondary N) is 1. The van der Waals surface area contributed by atoms with Gasteiger partial charge in [-0.15, -0.1) is 0 Å². The molecule has 2 aromatic carbocycles. The highest BCUT2D eigenvalue weighted by Gasteiger charge is 2.42. The zero-order valence-corrected chi connectivity index (χ0v) is 18.5. The SMILES string of the molecule is CC(C)CCNC(=O)[C@H]1Cc2cc(C(F)(F)F)ccc2N2CCN(c3ccccc3)C[C@H]12. The maximum absolute atomic E-state index is 13.3. The second-order valence-electron chi connectivity index (χ2n) is 9.17. The molecule has 1 fully saturated rings. The van der Waals surface area contributed by atoms with Crippen molar-refractivity contribution in [3.8, 4) is 0 Å². The van der Waals surface area contributed by atoms with Crippen LogP contribution in [0, 0.1) is 11.8 Å². The second kappa shape index (κ2) is 9.04. The number of hydrogen-bond donors (Lipinski definition) is 1. The number of benzene rings is 2. The van der Waals surface area contributed by atoms with Crippen LogP contribution in [-0.4, -0.2) is 38.1 Å². The molecule has 2 heterocycles. The lowest BCUT2D eigenvalue weighted by molar-refractivity contribution is -0.137. The molecule has 32 heavy (non-hydrogen) atoms. The van der Waals surface area contributed by atoms with E-state index in [1.807, 2.05) is 18.2 Å². The van der Waals surface area contributed by atoms with E-state index in [0.717, 1.165) is 30.4 Å². The van der Waals surface area contributed by atoms with Crippen LogP contribution in [-0.2, 0) is 17.4 Å². The van der Waals surface area contributed by atoms with Gasteiger partial charge in [-0.1, -0.05) is 32.0 Å². The number of carbonyl (C=O) groups excluding carboxylic acids is 1. The predicted octanol–water partition coefficient (Wildman–Crippen LogP) is 4.74. The molecule has 1 N–H and O–H groups in total. The maximum atomic E-state index is 13.3. The van der Waals surface area contributed by atoms with E-state index in [2.05, 4.69) is 41.1 Å². The van der Waals surface area contributed by atoms with Gasteiger partial charge in [0.1, 0.15) is 0 Å². The minimum Gasteiger partial charge on any atom is -0.368 e. The number of anilines is 2. The summed E-state index contributed by atoms with van der Waals surface area (Å²) in [6.07, 6.45) is -3.21. The van der Waals surface area contributed by atoms with Gasteiger partial charge in [-0.05, 0) is 54.7 Å². The summed E-state index contributed by atoms with van der Waals surface area (Å²) in [6, 6.07) is 13.9. The molecule has 0 aliphatic carbocycles. The summed E-state index contributed by atoms with van der Waals surface area (Å²) in [4.78, 5) is 17.6. The molecule has 4 rings (SSSR count). The molecule has 0 radical (unpaired) electrons. The largest absolute Gasteiger partial charge is 0.416 e. The van der Waals surface area contributed by atoms with Crippen molar-refractivity contribution in [3.05, 3.63) is 59.7 Å². The van der Waals surface area contributed by atoms with Crippen LogP contribution in [0.15, 0.2) is 48.5 Å². The summed E-state index contributed by atoms with van der Waals surface area (Å²) >= 11 is 0. The molecular weight excluding hydrogens is 415 g/mol. The Morgan fingerprint density at radius 3 is 2.56 bits per heavy atom. The Bertz CT molecular complexity index is 945. The second-order valence-corrected chi connectivity index (χ2v) is 9.17. The smallest absolute Gasteiger partial charge is 0.368 e. The van der Waals surface area contributed by atoms with Crippen molar-refractivity contribution in [2.45, 2.75) is 38.9 Å². The fourth-order valence-electron chi connectivity index (χ4n) is 4.79. The molecule has 0 spiro atoms. The third-order valence-corrected chi connectivity index (χ3v) is 6.52. The molecule has 0 unspecified atom stereocenters. The molecular formula is C25H30F3N3O. The number of nitrogens with zero attached hydrogens (tertiary/aromatic N) is 2. The van der Waals surface area contributed by atoms with Gasteiger partial charge in [-0.2, -0.15) is 13.2 Å². The zero-order valence-electron chi connectivity index (χ0n) is 18.5. The molecule has 2 aliphatic rings. The number of rotatable bonds is 5. The van der Waals surface area contributed by atoms with Crippen molar-refractivity contribution in [1.29, 1.82) is 0 Å². The summed E-state index contributed by atoms with van der Waals surface area (Å²) in [5.74, 6) is -0.000224. The number of alkyl halides is 3. The Morgan fingerprint density at radius 2 is 1.88 bits per heavy atom. The van der Waals surface area contributed by atoms with Gasteiger partial charge < -0.3 is 15.1 Å². The average Bonchev–Trinajstić information content (AvgIpc) is 2.77. The Morgan fingerprint density at radius 1 is 1.12 bits per heavy atom. The lowest BCUT2D eigenvalue weighted by Crippen LogP contribution is -2.61. The number of hydrogen-bond acceptors (Lipinski definition) is 3. The summed E-state index contributed by atoms with van der Waals surface area (Å²) < 4.78 is 40.0. The van der Waals surface area contributed by atoms with Gasteiger partial charge in [0, 0.05) is 37.6 Å². The molecule has 2 atom stereocenters. The minimum absolute atomic E-state index is 0.0707. The van der Waals surface area contributed by atoms with Gasteiger partial charge in [-0.3, -0.25) is 4.79 Å². The number of piperazine rings is 1. The number of carbonyl (C=O) groups is 1. The standard InChI is InChI=1S/C25H30F3N3O/c1-17(2)10-11-29-24(32)21-15-18-14-19(25(26,27)28)8-9-22(18)31-13-12-30(16-23(21)31)20-6-4-3-5-7-20/h3-9,14,17,21,23H,10-13,15-16H2,1-2H3,(H,29,32)/t21-,23+/m0/s1. The fraction of sp³-hybridized carbons (Fsp3) is 0.480. The zero-order chi connectivity index (χ0) is 22.9. The molecule has 1 saturated heterocycles. The normalized spacial score (nSPS) is 20.7. The van der Waals surface area contributed by atoms with Crippen LogP contribution in [0.5, 0.6) is 0 Å². The summed E-state index contributed by atoms with van der Waals surface area (Å²) in [7, 11) is 0. The van der Waals surface area contributed by atoms with Crippen molar-refractivity contribution < 1.29 is 18.0 Å². The van der Waals surface area contributed by atoms with E-state index in [1.165, 1.54) is 6.07 Å². The van der Waals surface area contributed by atoms with Gasteiger partial charge in [0.05, 0.1) is 17.5 Å². The minimum atomic E-state index is -4.40. The van der Waals surface area contributed by atoms with Crippen molar-refractivity contribution in [2.24, 2.45) is 11.8 Å². The lowest BCUT2D eigenvalue weighted by atomic mass is 9.82. The van der Waals surface area contributed by atoms with E-state index in [0.29, 0.717) is 37.5 Å². The van der Waals surface area contributed by atoms with Crippen molar-refractivity contribution in [3.63, 3.8) is 0 Å². The van der Waals surface area contributed by atoms with Gasteiger partial charge in [0.2, 0.25) is 5.91 Å². The van der Waals surface area contributed by atoms with E-state index in [1.54, 1.807) is 6.07 Å². The number of fused-ring (bicyclic) bond motifs is 3. The first-order valence-corrected chi connectivity index (χ1v) is 11.3. The van der Waals surface area contributed by atoms with Crippen LogP contribution in [0.4, 0.5) is 24.5 Å². The van der Waals surface area contributed by atoms with E-state index < -0.39 is 17.7 Å². The number of amides is 1. The van der Waals surface area contributed by atoms with Crippen LogP contribution in [0.25, 0.3) is 0 Å². The van der Waals surface area contributed by atoms with Crippen molar-refractivity contribution in [2.75, 3.05) is 36.0 Å². The number of para-hydroxylation sites is 1. The third kappa shape index (κ3) is 4.71. The Hall–Kier alpha value is -2.70. The first kappa shape index (κ1) is 22.5. The van der Waals surface area contributed by atoms with E-state index in [-0.39, 0.29) is 11.9 Å². The van der Waals surface area contributed by atoms with E-state index in [4.69, 9.17) is 0 Å². The van der Waals surface area contributed by atoms with E-state index >= 15 is 0 Å². The third-order valence-electron chi connectivity index (χ3n) is 6.52. The molecule has 0 aromatic heterocycles. The monoisotopic (exact) mass is 445 g/mol. The maximum Gasteiger partial charge on any atom is 0.416 e. The molecule has 4 nitrogen and oxygen atoms in total. The molecule has 1 amide bonds. The Labute approximate surface area is 187 Å². The van der Waals surface area contributed by atoms with Crippen LogP contribution >= 0.6 is 0 Å². The van der Waals surface area contributed by atoms with Gasteiger partial charge in [-0.25, -0.2) is 0 Å². The van der Waals surface area contributed by atoms with Gasteiger partial charge >= 0.3 is 6.18 Å². The quantitative estimate of drug-likeness (QED) is 0.723. The van der Waals surface area contributed by atoms with Crippen LogP contribution < -0.4 is 15.1 Å². The summed E-state index contributed by atoms with van der Waals surface area (Å²) in [5, 5.41) is 3.04. The number of halogens is 3. The molecule has 172 valence electrons. The molecule has 2 aliphatic heterocycles. The topological polar surface area (TPSA) is 35.6 Å². The highest BCUT2D eigenvalue weighted by atomic mass is 19.4.